The summed E-state index contributed by atoms with van der Waals surface area (Å²) in [6.07, 6.45) is 0. The van der Waals surface area contributed by atoms with Gasteiger partial charge in [-0.1, -0.05) is 42.5 Å². The van der Waals surface area contributed by atoms with Crippen LogP contribution in [-0.4, -0.2) is 5.97 Å². The van der Waals surface area contributed by atoms with Gasteiger partial charge >= 0.3 is 5.97 Å². The van der Waals surface area contributed by atoms with Crippen molar-refractivity contribution in [3.63, 3.8) is 0 Å². The van der Waals surface area contributed by atoms with Crippen LogP contribution in [0, 0.1) is 0 Å². The zero-order valence-electron chi connectivity index (χ0n) is 10.0. The molecule has 92 valence electrons. The molecule has 0 spiro atoms. The molecule has 0 aliphatic rings. The number of carbonyl (C=O) groups excluding carboxylic acids is 1. The van der Waals surface area contributed by atoms with Gasteiger partial charge in [0.2, 0.25) is 0 Å². The first-order chi connectivity index (χ1) is 8.79. The van der Waals surface area contributed by atoms with Crippen LogP contribution >= 0.6 is 0 Å². The quantitative estimate of drug-likeness (QED) is 0.837. The summed E-state index contributed by atoms with van der Waals surface area (Å²) in [7, 11) is 0. The molecule has 0 aliphatic heterocycles. The van der Waals surface area contributed by atoms with Gasteiger partial charge in [0.15, 0.2) is 0 Å². The maximum Gasteiger partial charge on any atom is 0.338 e. The Bertz CT molecular complexity index is 506. The van der Waals surface area contributed by atoms with Crippen molar-refractivity contribution in [2.75, 3.05) is 0 Å². The molecule has 0 bridgehead atoms. The van der Waals surface area contributed by atoms with Gasteiger partial charge in [-0.15, -0.1) is 0 Å². The first kappa shape index (κ1) is 12.3. The lowest BCUT2D eigenvalue weighted by Crippen LogP contribution is -2.05. The molecule has 0 unspecified atom stereocenters. The standard InChI is InChI=1S/C15H15NO2/c16-10-12-6-8-14(9-7-12)15(17)18-11-13-4-2-1-3-5-13/h1-9H,10-11,16H2. The number of nitrogens with two attached hydrogens (primary N) is 1. The van der Waals surface area contributed by atoms with Gasteiger partial charge in [0, 0.05) is 6.54 Å². The molecule has 0 amide bonds. The second-order valence-corrected chi connectivity index (χ2v) is 3.96. The van der Waals surface area contributed by atoms with Crippen LogP contribution in [0.15, 0.2) is 54.6 Å². The maximum absolute atomic E-state index is 11.8. The highest BCUT2D eigenvalue weighted by atomic mass is 16.5. The molecule has 0 atom stereocenters. The zero-order valence-corrected chi connectivity index (χ0v) is 10.0. The second-order valence-electron chi connectivity index (χ2n) is 3.96. The molecule has 0 aliphatic carbocycles. The van der Waals surface area contributed by atoms with E-state index in [1.165, 1.54) is 0 Å². The Balaban J connectivity index is 1.95. The van der Waals surface area contributed by atoms with Crippen LogP contribution in [0.25, 0.3) is 0 Å². The normalized spacial score (nSPS) is 10.1. The van der Waals surface area contributed by atoms with Crippen LogP contribution in [0.3, 0.4) is 0 Å². The average Bonchev–Trinajstić information content (AvgIpc) is 2.46. The van der Waals surface area contributed by atoms with E-state index >= 15 is 0 Å². The van der Waals surface area contributed by atoms with Gasteiger partial charge in [0.25, 0.3) is 0 Å². The fourth-order valence-electron chi connectivity index (χ4n) is 1.58. The SMILES string of the molecule is NCc1ccc(C(=O)OCc2ccccc2)cc1. The number of hydrogen-bond acceptors (Lipinski definition) is 3. The van der Waals surface area contributed by atoms with Gasteiger partial charge in [-0.2, -0.15) is 0 Å². The summed E-state index contributed by atoms with van der Waals surface area (Å²) in [5, 5.41) is 0. The lowest BCUT2D eigenvalue weighted by atomic mass is 10.1. The van der Waals surface area contributed by atoms with Crippen LogP contribution in [0.4, 0.5) is 0 Å². The van der Waals surface area contributed by atoms with Gasteiger partial charge in [-0.3, -0.25) is 0 Å². The third kappa shape index (κ3) is 3.18. The minimum Gasteiger partial charge on any atom is -0.457 e. The van der Waals surface area contributed by atoms with E-state index in [1.54, 1.807) is 12.1 Å². The van der Waals surface area contributed by atoms with Crippen molar-refractivity contribution in [2.45, 2.75) is 13.2 Å². The van der Waals surface area contributed by atoms with Crippen molar-refractivity contribution in [2.24, 2.45) is 5.73 Å². The number of ether oxygens (including phenoxy) is 1. The van der Waals surface area contributed by atoms with E-state index in [0.717, 1.165) is 11.1 Å². The number of rotatable bonds is 4. The highest BCUT2D eigenvalue weighted by Gasteiger charge is 2.06. The molecule has 0 fully saturated rings. The van der Waals surface area contributed by atoms with Gasteiger partial charge in [-0.05, 0) is 23.3 Å². The average molecular weight is 241 g/mol. The molecule has 2 aromatic carbocycles. The lowest BCUT2D eigenvalue weighted by Gasteiger charge is -2.05. The Labute approximate surface area is 106 Å². The monoisotopic (exact) mass is 241 g/mol. The van der Waals surface area contributed by atoms with Crippen molar-refractivity contribution < 1.29 is 9.53 Å². The third-order valence-electron chi connectivity index (χ3n) is 2.64. The summed E-state index contributed by atoms with van der Waals surface area (Å²) in [4.78, 5) is 11.8. The minimum atomic E-state index is -0.317. The molecule has 3 heteroatoms. The van der Waals surface area contributed by atoms with Crippen LogP contribution in [0.2, 0.25) is 0 Å². The lowest BCUT2D eigenvalue weighted by molar-refractivity contribution is 0.0472. The second kappa shape index (κ2) is 5.98. The first-order valence-electron chi connectivity index (χ1n) is 5.79. The molecule has 0 heterocycles. The van der Waals surface area contributed by atoms with Gasteiger partial charge in [0.1, 0.15) is 6.61 Å². The maximum atomic E-state index is 11.8. The van der Waals surface area contributed by atoms with E-state index in [2.05, 4.69) is 0 Å². The predicted octanol–water partition coefficient (Wildman–Crippen LogP) is 2.50. The summed E-state index contributed by atoms with van der Waals surface area (Å²) < 4.78 is 5.22. The van der Waals surface area contributed by atoms with Crippen molar-refractivity contribution in [3.8, 4) is 0 Å². The number of benzene rings is 2. The Hall–Kier alpha value is -2.13. The van der Waals surface area contributed by atoms with Gasteiger partial charge in [-0.25, -0.2) is 4.79 Å². The molecule has 0 aromatic heterocycles. The largest absolute Gasteiger partial charge is 0.457 e. The van der Waals surface area contributed by atoms with Crippen molar-refractivity contribution in [1.29, 1.82) is 0 Å². The number of hydrogen-bond donors (Lipinski definition) is 1. The highest BCUT2D eigenvalue weighted by molar-refractivity contribution is 5.89. The third-order valence-corrected chi connectivity index (χ3v) is 2.64. The number of esters is 1. The van der Waals surface area contributed by atoms with Crippen molar-refractivity contribution in [3.05, 3.63) is 71.3 Å². The molecule has 0 saturated carbocycles. The molecule has 3 nitrogen and oxygen atoms in total. The molecular formula is C15H15NO2. The Morgan fingerprint density at radius 2 is 1.61 bits per heavy atom. The predicted molar refractivity (Wildman–Crippen MR) is 69.9 cm³/mol. The summed E-state index contributed by atoms with van der Waals surface area (Å²) in [5.41, 5.74) is 8.01. The molecule has 0 saturated heterocycles. The Kier molecular flexibility index (Phi) is 4.10. The smallest absolute Gasteiger partial charge is 0.338 e. The topological polar surface area (TPSA) is 52.3 Å². The fourth-order valence-corrected chi connectivity index (χ4v) is 1.58. The van der Waals surface area contributed by atoms with E-state index in [4.69, 9.17) is 10.5 Å². The first-order valence-corrected chi connectivity index (χ1v) is 5.79. The molecule has 2 N–H and O–H groups in total. The fraction of sp³-hybridized carbons (Fsp3) is 0.133. The van der Waals surface area contributed by atoms with Crippen LogP contribution in [-0.2, 0) is 17.9 Å². The zero-order chi connectivity index (χ0) is 12.8. The van der Waals surface area contributed by atoms with E-state index in [-0.39, 0.29) is 12.6 Å². The van der Waals surface area contributed by atoms with Crippen LogP contribution in [0.1, 0.15) is 21.5 Å². The molecule has 2 aromatic rings. The summed E-state index contributed by atoms with van der Waals surface area (Å²) in [6, 6.07) is 16.7. The highest BCUT2D eigenvalue weighted by Crippen LogP contribution is 2.08. The van der Waals surface area contributed by atoms with E-state index < -0.39 is 0 Å². The molecule has 18 heavy (non-hydrogen) atoms. The Morgan fingerprint density at radius 3 is 2.22 bits per heavy atom. The van der Waals surface area contributed by atoms with Gasteiger partial charge < -0.3 is 10.5 Å². The van der Waals surface area contributed by atoms with Gasteiger partial charge in [0.05, 0.1) is 5.56 Å². The van der Waals surface area contributed by atoms with Crippen molar-refractivity contribution >= 4 is 5.97 Å². The number of carbonyl (C=O) groups is 1. The summed E-state index contributed by atoms with van der Waals surface area (Å²) in [5.74, 6) is -0.317. The summed E-state index contributed by atoms with van der Waals surface area (Å²) in [6.45, 7) is 0.762. The minimum absolute atomic E-state index is 0.290. The van der Waals surface area contributed by atoms with Crippen molar-refractivity contribution in [1.82, 2.24) is 0 Å². The van der Waals surface area contributed by atoms with E-state index in [0.29, 0.717) is 12.1 Å². The molecular weight excluding hydrogens is 226 g/mol. The molecule has 2 rings (SSSR count). The Morgan fingerprint density at radius 1 is 0.944 bits per heavy atom. The van der Waals surface area contributed by atoms with E-state index in [1.807, 2.05) is 42.5 Å². The van der Waals surface area contributed by atoms with Crippen LogP contribution in [0.5, 0.6) is 0 Å². The van der Waals surface area contributed by atoms with Crippen LogP contribution < -0.4 is 5.73 Å². The molecule has 0 radical (unpaired) electrons. The van der Waals surface area contributed by atoms with E-state index in [9.17, 15) is 4.79 Å². The summed E-state index contributed by atoms with van der Waals surface area (Å²) >= 11 is 0.